The summed E-state index contributed by atoms with van der Waals surface area (Å²) >= 11 is 0. The first-order valence-corrected chi connectivity index (χ1v) is 13.4. The van der Waals surface area contributed by atoms with E-state index in [0.717, 1.165) is 43.6 Å². The first-order valence-electron chi connectivity index (χ1n) is 13.4. The van der Waals surface area contributed by atoms with E-state index < -0.39 is 0 Å². The predicted molar refractivity (Wildman–Crippen MR) is 143 cm³/mol. The third-order valence-electron chi connectivity index (χ3n) is 8.19. The number of ketones is 1. The number of nitrogens with one attached hydrogen (secondary N) is 1. The van der Waals surface area contributed by atoms with E-state index in [4.69, 9.17) is 0 Å². The summed E-state index contributed by atoms with van der Waals surface area (Å²) in [5.41, 5.74) is 3.45. The highest BCUT2D eigenvalue weighted by molar-refractivity contribution is 5.90. The number of nitrogens with zero attached hydrogens (tertiary/aromatic N) is 2. The number of anilines is 2. The molecular formula is C30H41N3O2. The second-order valence-electron chi connectivity index (χ2n) is 10.4. The molecule has 35 heavy (non-hydrogen) atoms. The van der Waals surface area contributed by atoms with E-state index in [1.165, 1.54) is 24.8 Å². The van der Waals surface area contributed by atoms with Crippen LogP contribution >= 0.6 is 0 Å². The van der Waals surface area contributed by atoms with Gasteiger partial charge in [-0.15, -0.1) is 0 Å². The number of amides is 1. The molecule has 0 aromatic heterocycles. The fourth-order valence-corrected chi connectivity index (χ4v) is 5.88. The quantitative estimate of drug-likeness (QED) is 0.492. The number of hydrogen-bond donors (Lipinski definition) is 1. The molecular weight excluding hydrogens is 434 g/mol. The number of likely N-dealkylation sites (tertiary alicyclic amines) is 1. The summed E-state index contributed by atoms with van der Waals surface area (Å²) in [6.45, 7) is 2.68. The Labute approximate surface area is 210 Å². The Morgan fingerprint density at radius 2 is 1.69 bits per heavy atom. The van der Waals surface area contributed by atoms with Crippen LogP contribution in [0.2, 0.25) is 0 Å². The summed E-state index contributed by atoms with van der Waals surface area (Å²) in [6, 6.07) is 18.8. The van der Waals surface area contributed by atoms with Crippen molar-refractivity contribution < 1.29 is 9.59 Å². The molecule has 1 aliphatic heterocycles. The molecule has 1 N–H and O–H groups in total. The average molecular weight is 476 g/mol. The molecule has 5 nitrogen and oxygen atoms in total. The Bertz CT molecular complexity index is 986. The van der Waals surface area contributed by atoms with Crippen LogP contribution in [0.3, 0.4) is 0 Å². The highest BCUT2D eigenvalue weighted by atomic mass is 16.2. The first kappa shape index (κ1) is 25.4. The van der Waals surface area contributed by atoms with Crippen LogP contribution in [-0.2, 0) is 9.59 Å². The molecule has 2 aliphatic rings. The number of carbonyl (C=O) groups is 2. The summed E-state index contributed by atoms with van der Waals surface area (Å²) in [4.78, 5) is 31.3. The van der Waals surface area contributed by atoms with Crippen LogP contribution < -0.4 is 10.2 Å². The molecule has 5 heteroatoms. The second-order valence-corrected chi connectivity index (χ2v) is 10.4. The first-order chi connectivity index (χ1) is 17.0. The maximum atomic E-state index is 14.1. The number of benzene rings is 2. The van der Waals surface area contributed by atoms with Gasteiger partial charge in [-0.05, 0) is 75.4 Å². The number of rotatable bonds is 9. The van der Waals surface area contributed by atoms with Gasteiger partial charge in [0.25, 0.3) is 0 Å². The monoisotopic (exact) mass is 475 g/mol. The molecule has 1 heterocycles. The van der Waals surface area contributed by atoms with Gasteiger partial charge in [0, 0.05) is 37.3 Å². The van der Waals surface area contributed by atoms with Crippen LogP contribution in [0, 0.1) is 11.8 Å². The Kier molecular flexibility index (Phi) is 8.61. The molecule has 2 aromatic rings. The molecule has 0 unspecified atom stereocenters. The van der Waals surface area contributed by atoms with Gasteiger partial charge in [0.05, 0.1) is 12.1 Å². The summed E-state index contributed by atoms with van der Waals surface area (Å²) in [5, 5.41) is 3.07. The Hall–Kier alpha value is -2.66. The van der Waals surface area contributed by atoms with Crippen molar-refractivity contribution in [3.8, 4) is 0 Å². The Morgan fingerprint density at radius 1 is 0.971 bits per heavy atom. The molecule has 188 valence electrons. The molecule has 1 amide bonds. The van der Waals surface area contributed by atoms with Crippen molar-refractivity contribution in [2.24, 2.45) is 11.8 Å². The van der Waals surface area contributed by atoms with Crippen molar-refractivity contribution in [1.29, 1.82) is 0 Å². The summed E-state index contributed by atoms with van der Waals surface area (Å²) in [6.07, 6.45) is 8.04. The minimum Gasteiger partial charge on any atom is -0.345 e. The molecule has 1 aliphatic carbocycles. The van der Waals surface area contributed by atoms with E-state index in [-0.39, 0.29) is 29.7 Å². The lowest BCUT2D eigenvalue weighted by atomic mass is 9.76. The fourth-order valence-electron chi connectivity index (χ4n) is 5.88. The lowest BCUT2D eigenvalue weighted by Crippen LogP contribution is -2.42. The van der Waals surface area contributed by atoms with Crippen LogP contribution in [0.4, 0.5) is 11.4 Å². The van der Waals surface area contributed by atoms with Crippen molar-refractivity contribution >= 4 is 23.1 Å². The van der Waals surface area contributed by atoms with E-state index in [1.807, 2.05) is 20.0 Å². The molecule has 3 atom stereocenters. The third kappa shape index (κ3) is 5.95. The number of likely N-dealkylation sites (N-methyl/N-ethyl adjacent to an activating group) is 1. The van der Waals surface area contributed by atoms with Gasteiger partial charge in [-0.3, -0.25) is 9.59 Å². The summed E-state index contributed by atoms with van der Waals surface area (Å²) in [5.74, 6) is 0.465. The van der Waals surface area contributed by atoms with E-state index in [9.17, 15) is 9.59 Å². The van der Waals surface area contributed by atoms with Crippen LogP contribution in [-0.4, -0.2) is 43.3 Å². The smallest absolute Gasteiger partial charge is 0.226 e. The highest BCUT2D eigenvalue weighted by Gasteiger charge is 2.39. The highest BCUT2D eigenvalue weighted by Crippen LogP contribution is 2.39. The Balaban J connectivity index is 1.56. The number of hydrogen-bond acceptors (Lipinski definition) is 4. The van der Waals surface area contributed by atoms with Crippen LogP contribution in [0.5, 0.6) is 0 Å². The van der Waals surface area contributed by atoms with Crippen molar-refractivity contribution in [2.75, 3.05) is 25.5 Å². The lowest BCUT2D eigenvalue weighted by Gasteiger charge is -2.35. The Morgan fingerprint density at radius 3 is 2.40 bits per heavy atom. The van der Waals surface area contributed by atoms with Gasteiger partial charge in [0.1, 0.15) is 5.78 Å². The van der Waals surface area contributed by atoms with Crippen molar-refractivity contribution in [3.63, 3.8) is 0 Å². The van der Waals surface area contributed by atoms with E-state index in [1.54, 1.807) is 0 Å². The second kappa shape index (κ2) is 11.9. The third-order valence-corrected chi connectivity index (χ3v) is 8.19. The van der Waals surface area contributed by atoms with Crippen LogP contribution in [0.1, 0.15) is 69.9 Å². The van der Waals surface area contributed by atoms with E-state index in [0.29, 0.717) is 12.3 Å². The van der Waals surface area contributed by atoms with Gasteiger partial charge in [0.15, 0.2) is 0 Å². The molecule has 4 rings (SSSR count). The largest absolute Gasteiger partial charge is 0.345 e. The van der Waals surface area contributed by atoms with Crippen LogP contribution in [0.25, 0.3) is 0 Å². The average Bonchev–Trinajstić information content (AvgIpc) is 3.41. The van der Waals surface area contributed by atoms with Gasteiger partial charge >= 0.3 is 0 Å². The number of carbonyl (C=O) groups excluding carboxylic acids is 2. The van der Waals surface area contributed by atoms with Gasteiger partial charge in [0.2, 0.25) is 5.91 Å². The standard InChI is InChI=1S/C30H41N3O2/c1-22(31-2)29(34)21-27(23-12-6-4-7-13-23)30(35)33-19-11-18-28(33)24-14-10-17-26(20-24)32(3)25-15-8-5-9-16-25/h5,8-10,14-17,20,22-23,27-28,31H,4,6-7,11-13,18-19,21H2,1-3H3/t22-,27-,28+/m0/s1. The topological polar surface area (TPSA) is 52.7 Å². The zero-order valence-electron chi connectivity index (χ0n) is 21.6. The van der Waals surface area contributed by atoms with Crippen LogP contribution in [0.15, 0.2) is 54.6 Å². The van der Waals surface area contributed by atoms with Crippen molar-refractivity contribution in [2.45, 2.75) is 70.4 Å². The zero-order chi connectivity index (χ0) is 24.8. The minimum absolute atomic E-state index is 0.0783. The lowest BCUT2D eigenvalue weighted by molar-refractivity contribution is -0.141. The van der Waals surface area contributed by atoms with E-state index >= 15 is 0 Å². The molecule has 1 saturated carbocycles. The van der Waals surface area contributed by atoms with Crippen molar-refractivity contribution in [1.82, 2.24) is 10.2 Å². The zero-order valence-corrected chi connectivity index (χ0v) is 21.6. The van der Waals surface area contributed by atoms with Gasteiger partial charge in [-0.1, -0.05) is 49.6 Å². The maximum Gasteiger partial charge on any atom is 0.226 e. The summed E-state index contributed by atoms with van der Waals surface area (Å²) in [7, 11) is 3.90. The molecule has 2 aromatic carbocycles. The number of Topliss-reactive ketones (excluding diaryl/α,β-unsaturated/α-hetero) is 1. The molecule has 0 bridgehead atoms. The van der Waals surface area contributed by atoms with Gasteiger partial charge < -0.3 is 15.1 Å². The van der Waals surface area contributed by atoms with Crippen molar-refractivity contribution in [3.05, 3.63) is 60.2 Å². The fraction of sp³-hybridized carbons (Fsp3) is 0.533. The minimum atomic E-state index is -0.214. The predicted octanol–water partition coefficient (Wildman–Crippen LogP) is 5.88. The molecule has 2 fully saturated rings. The molecule has 0 spiro atoms. The molecule has 1 saturated heterocycles. The SMILES string of the molecule is CN[C@@H](C)C(=O)C[C@H](C(=O)N1CCC[C@@H]1c1cccc(N(C)c2ccccc2)c1)C1CCCCC1. The summed E-state index contributed by atoms with van der Waals surface area (Å²) < 4.78 is 0. The maximum absolute atomic E-state index is 14.1. The molecule has 0 radical (unpaired) electrons. The van der Waals surface area contributed by atoms with E-state index in [2.05, 4.69) is 70.7 Å². The van der Waals surface area contributed by atoms with Gasteiger partial charge in [-0.25, -0.2) is 0 Å². The normalized spacial score (nSPS) is 20.4. The van der Waals surface area contributed by atoms with Gasteiger partial charge in [-0.2, -0.15) is 0 Å². The number of para-hydroxylation sites is 1.